The normalized spacial score (nSPS) is 12.9. The molecule has 1 unspecified atom stereocenters. The number of benzene rings is 1. The molecule has 1 aromatic carbocycles. The summed E-state index contributed by atoms with van der Waals surface area (Å²) in [4.78, 5) is 19.6. The molecular formula is C11H13F3N4O5. The molecule has 12 heteroatoms. The molecule has 0 saturated heterocycles. The molecule has 0 bridgehead atoms. The SMILES string of the molecule is COCC(C)c1c([N+](=O)[O-])c(N)c([N+](=O)[O-])c(N)c1C(F)(F)F. The summed E-state index contributed by atoms with van der Waals surface area (Å²) in [6.07, 6.45) is -5.15. The summed E-state index contributed by atoms with van der Waals surface area (Å²) >= 11 is 0. The lowest BCUT2D eigenvalue weighted by atomic mass is 9.90. The average Bonchev–Trinajstić information content (AvgIpc) is 2.35. The van der Waals surface area contributed by atoms with Crippen molar-refractivity contribution in [1.29, 1.82) is 0 Å². The molecule has 0 fully saturated rings. The van der Waals surface area contributed by atoms with Crippen molar-refractivity contribution in [2.75, 3.05) is 25.2 Å². The topological polar surface area (TPSA) is 148 Å². The van der Waals surface area contributed by atoms with Gasteiger partial charge in [0.1, 0.15) is 5.69 Å². The summed E-state index contributed by atoms with van der Waals surface area (Å²) in [6, 6.07) is 0. The highest BCUT2D eigenvalue weighted by Gasteiger charge is 2.46. The van der Waals surface area contributed by atoms with Crippen molar-refractivity contribution in [2.45, 2.75) is 19.0 Å². The van der Waals surface area contributed by atoms with Crippen LogP contribution >= 0.6 is 0 Å². The number of rotatable bonds is 5. The zero-order chi connectivity index (χ0) is 18.1. The first kappa shape index (κ1) is 18.4. The van der Waals surface area contributed by atoms with E-state index in [1.54, 1.807) is 0 Å². The standard InChI is InChI=1S/C11H13F3N4O5/c1-4(3-23-2)5-6(11(12,13)14)7(15)10(18(21)22)8(16)9(5)17(19)20/h4H,3,15-16H2,1-2H3. The van der Waals surface area contributed by atoms with Gasteiger partial charge in [-0.2, -0.15) is 13.2 Å². The summed E-state index contributed by atoms with van der Waals surface area (Å²) in [6.45, 7) is 0.923. The first-order chi connectivity index (χ1) is 10.4. The Kier molecular flexibility index (Phi) is 5.00. The van der Waals surface area contributed by atoms with Crippen molar-refractivity contribution in [3.05, 3.63) is 31.4 Å². The second-order valence-corrected chi connectivity index (χ2v) is 4.68. The zero-order valence-electron chi connectivity index (χ0n) is 12.0. The minimum absolute atomic E-state index is 0.305. The maximum Gasteiger partial charge on any atom is 0.419 e. The Morgan fingerprint density at radius 2 is 1.61 bits per heavy atom. The van der Waals surface area contributed by atoms with Crippen molar-refractivity contribution < 1.29 is 27.8 Å². The number of halogens is 3. The third kappa shape index (κ3) is 3.26. The second kappa shape index (κ2) is 6.24. The van der Waals surface area contributed by atoms with Gasteiger partial charge in [-0.15, -0.1) is 0 Å². The summed E-state index contributed by atoms with van der Waals surface area (Å²) in [5.74, 6) is -1.12. The predicted molar refractivity (Wildman–Crippen MR) is 73.9 cm³/mol. The number of anilines is 2. The van der Waals surface area contributed by atoms with E-state index in [1.165, 1.54) is 14.0 Å². The Morgan fingerprint density at radius 3 is 1.96 bits per heavy atom. The van der Waals surface area contributed by atoms with Crippen LogP contribution in [0.3, 0.4) is 0 Å². The van der Waals surface area contributed by atoms with Crippen LogP contribution in [0.2, 0.25) is 0 Å². The molecule has 0 aliphatic carbocycles. The van der Waals surface area contributed by atoms with Gasteiger partial charge in [-0.3, -0.25) is 20.2 Å². The summed E-state index contributed by atoms with van der Waals surface area (Å²) in [7, 11) is 1.19. The van der Waals surface area contributed by atoms with E-state index in [0.717, 1.165) is 0 Å². The molecule has 1 atom stereocenters. The number of hydrogen-bond donors (Lipinski definition) is 2. The van der Waals surface area contributed by atoms with Crippen molar-refractivity contribution in [3.8, 4) is 0 Å². The second-order valence-electron chi connectivity index (χ2n) is 4.68. The van der Waals surface area contributed by atoms with E-state index >= 15 is 0 Å². The van der Waals surface area contributed by atoms with Crippen LogP contribution in [0.5, 0.6) is 0 Å². The molecule has 4 N–H and O–H groups in total. The van der Waals surface area contributed by atoms with Gasteiger partial charge in [-0.05, 0) is 0 Å². The van der Waals surface area contributed by atoms with Crippen LogP contribution in [0, 0.1) is 20.2 Å². The van der Waals surface area contributed by atoms with Crippen LogP contribution in [0.1, 0.15) is 24.0 Å². The van der Waals surface area contributed by atoms with Gasteiger partial charge >= 0.3 is 17.6 Å². The number of nitrogens with two attached hydrogens (primary N) is 2. The zero-order valence-corrected chi connectivity index (χ0v) is 12.0. The Hall–Kier alpha value is -2.63. The number of methoxy groups -OCH3 is 1. The largest absolute Gasteiger partial charge is 0.419 e. The third-order valence-corrected chi connectivity index (χ3v) is 3.12. The first-order valence-electron chi connectivity index (χ1n) is 6.04. The minimum Gasteiger partial charge on any atom is -0.393 e. The van der Waals surface area contributed by atoms with Crippen LogP contribution in [-0.4, -0.2) is 23.6 Å². The number of nitro benzene ring substituents is 2. The smallest absolute Gasteiger partial charge is 0.393 e. The van der Waals surface area contributed by atoms with Crippen LogP contribution < -0.4 is 11.5 Å². The lowest BCUT2D eigenvalue weighted by molar-refractivity contribution is -0.392. The molecule has 0 aromatic heterocycles. The van der Waals surface area contributed by atoms with Crippen LogP contribution in [0.25, 0.3) is 0 Å². The van der Waals surface area contributed by atoms with Crippen LogP contribution in [-0.2, 0) is 10.9 Å². The monoisotopic (exact) mass is 338 g/mol. The van der Waals surface area contributed by atoms with Gasteiger partial charge in [0.15, 0.2) is 5.69 Å². The van der Waals surface area contributed by atoms with E-state index in [2.05, 4.69) is 0 Å². The van der Waals surface area contributed by atoms with Gasteiger partial charge in [0, 0.05) is 13.0 Å². The molecule has 0 radical (unpaired) electrons. The molecule has 1 aromatic rings. The molecule has 0 spiro atoms. The fraction of sp³-hybridized carbons (Fsp3) is 0.455. The van der Waals surface area contributed by atoms with E-state index in [0.29, 0.717) is 0 Å². The van der Waals surface area contributed by atoms with Crippen molar-refractivity contribution in [3.63, 3.8) is 0 Å². The lowest BCUT2D eigenvalue weighted by Crippen LogP contribution is -2.20. The van der Waals surface area contributed by atoms with E-state index in [-0.39, 0.29) is 6.61 Å². The Balaban J connectivity index is 4.05. The van der Waals surface area contributed by atoms with E-state index < -0.39 is 55.8 Å². The molecular weight excluding hydrogens is 325 g/mol. The third-order valence-electron chi connectivity index (χ3n) is 3.12. The number of alkyl halides is 3. The number of nitro groups is 2. The molecule has 0 heterocycles. The van der Waals surface area contributed by atoms with E-state index in [4.69, 9.17) is 16.2 Å². The van der Waals surface area contributed by atoms with Gasteiger partial charge in [-0.1, -0.05) is 6.92 Å². The number of nitrogens with zero attached hydrogens (tertiary/aromatic N) is 2. The Labute approximate surface area is 127 Å². The van der Waals surface area contributed by atoms with Crippen molar-refractivity contribution in [1.82, 2.24) is 0 Å². The van der Waals surface area contributed by atoms with E-state index in [1.807, 2.05) is 0 Å². The molecule has 0 aliphatic heterocycles. The van der Waals surface area contributed by atoms with Gasteiger partial charge in [0.05, 0.1) is 27.6 Å². The van der Waals surface area contributed by atoms with Crippen molar-refractivity contribution in [2.24, 2.45) is 0 Å². The summed E-state index contributed by atoms with van der Waals surface area (Å²) < 4.78 is 44.7. The average molecular weight is 338 g/mol. The molecule has 23 heavy (non-hydrogen) atoms. The molecule has 128 valence electrons. The maximum absolute atomic E-state index is 13.3. The fourth-order valence-corrected chi connectivity index (χ4v) is 2.30. The quantitative estimate of drug-likeness (QED) is 0.476. The van der Waals surface area contributed by atoms with Gasteiger partial charge < -0.3 is 16.2 Å². The van der Waals surface area contributed by atoms with Crippen molar-refractivity contribution >= 4 is 22.7 Å². The van der Waals surface area contributed by atoms with Crippen LogP contribution in [0.4, 0.5) is 35.9 Å². The highest BCUT2D eigenvalue weighted by atomic mass is 19.4. The van der Waals surface area contributed by atoms with Gasteiger partial charge in [-0.25, -0.2) is 0 Å². The lowest BCUT2D eigenvalue weighted by Gasteiger charge is -2.20. The molecule has 1 rings (SSSR count). The maximum atomic E-state index is 13.3. The van der Waals surface area contributed by atoms with Gasteiger partial charge in [0.25, 0.3) is 0 Å². The van der Waals surface area contributed by atoms with E-state index in [9.17, 15) is 33.4 Å². The number of ether oxygens (including phenoxy) is 1. The van der Waals surface area contributed by atoms with Gasteiger partial charge in [0.2, 0.25) is 0 Å². The summed E-state index contributed by atoms with van der Waals surface area (Å²) in [5, 5.41) is 22.1. The number of hydrogen-bond acceptors (Lipinski definition) is 7. The molecule has 0 saturated carbocycles. The fourth-order valence-electron chi connectivity index (χ4n) is 2.30. The molecule has 9 nitrogen and oxygen atoms in total. The highest BCUT2D eigenvalue weighted by Crippen LogP contribution is 2.50. The molecule has 0 aliphatic rings. The Morgan fingerprint density at radius 1 is 1.13 bits per heavy atom. The predicted octanol–water partition coefficient (Wildman–Crippen LogP) is 2.44. The summed E-state index contributed by atoms with van der Waals surface area (Å²) in [5.41, 5.74) is 3.33. The highest BCUT2D eigenvalue weighted by molar-refractivity contribution is 5.86. The number of nitrogen functional groups attached to an aromatic ring is 2. The molecule has 0 amide bonds. The van der Waals surface area contributed by atoms with Crippen LogP contribution in [0.15, 0.2) is 0 Å². The Bertz CT molecular complexity index is 662. The first-order valence-corrected chi connectivity index (χ1v) is 6.04. The minimum atomic E-state index is -5.15.